The molecule has 0 aliphatic rings. The molecule has 0 bridgehead atoms. The monoisotopic (exact) mass is 348 g/mol. The van der Waals surface area contributed by atoms with Crippen LogP contribution < -0.4 is 10.6 Å². The normalized spacial score (nSPS) is 11.6. The molecule has 0 aliphatic carbocycles. The molecule has 0 aromatic carbocycles. The highest BCUT2D eigenvalue weighted by molar-refractivity contribution is 7.20. The average Bonchev–Trinajstić information content (AvgIpc) is 2.80. The molecule has 0 saturated heterocycles. The van der Waals surface area contributed by atoms with Crippen LogP contribution in [0.3, 0.4) is 0 Å². The van der Waals surface area contributed by atoms with Crippen molar-refractivity contribution >= 4 is 33.4 Å². The fourth-order valence-electron chi connectivity index (χ4n) is 2.39. The van der Waals surface area contributed by atoms with Crippen molar-refractivity contribution < 1.29 is 9.59 Å². The number of aromatic nitrogens is 2. The van der Waals surface area contributed by atoms with Gasteiger partial charge in [-0.15, -0.1) is 11.3 Å². The standard InChI is InChI=1S/C17H24N4O2S/c1-9-12-10(2)20-16(17(4,5)6)21-15(12)24-13(9)14(23)19-8-7-18-11(3)22/h7-8H2,1-6H3,(H,18,22)(H,19,23). The second kappa shape index (κ2) is 6.84. The molecule has 6 nitrogen and oxygen atoms in total. The summed E-state index contributed by atoms with van der Waals surface area (Å²) in [6.07, 6.45) is 0. The van der Waals surface area contributed by atoms with Gasteiger partial charge in [-0.25, -0.2) is 9.97 Å². The molecule has 2 amide bonds. The molecule has 0 spiro atoms. The van der Waals surface area contributed by atoms with E-state index < -0.39 is 0 Å². The van der Waals surface area contributed by atoms with Crippen molar-refractivity contribution in [3.05, 3.63) is 22.0 Å². The van der Waals surface area contributed by atoms with E-state index in [9.17, 15) is 9.59 Å². The molecule has 0 unspecified atom stereocenters. The largest absolute Gasteiger partial charge is 0.355 e. The zero-order valence-electron chi connectivity index (χ0n) is 15.0. The van der Waals surface area contributed by atoms with Gasteiger partial charge in [-0.2, -0.15) is 0 Å². The number of hydrogen-bond donors (Lipinski definition) is 2. The first-order valence-electron chi connectivity index (χ1n) is 7.92. The number of amides is 2. The van der Waals surface area contributed by atoms with Gasteiger partial charge < -0.3 is 10.6 Å². The van der Waals surface area contributed by atoms with Gasteiger partial charge in [0, 0.05) is 30.8 Å². The Morgan fingerprint density at radius 2 is 1.71 bits per heavy atom. The highest BCUT2D eigenvalue weighted by Crippen LogP contribution is 2.33. The van der Waals surface area contributed by atoms with Crippen molar-refractivity contribution in [2.75, 3.05) is 13.1 Å². The van der Waals surface area contributed by atoms with Crippen LogP contribution in [0.4, 0.5) is 0 Å². The summed E-state index contributed by atoms with van der Waals surface area (Å²) >= 11 is 1.39. The van der Waals surface area contributed by atoms with E-state index in [0.29, 0.717) is 18.0 Å². The lowest BCUT2D eigenvalue weighted by Crippen LogP contribution is -2.33. The number of carbonyl (C=O) groups excluding carboxylic acids is 2. The molecule has 2 aromatic heterocycles. The van der Waals surface area contributed by atoms with Crippen LogP contribution >= 0.6 is 11.3 Å². The number of carbonyl (C=O) groups is 2. The zero-order valence-corrected chi connectivity index (χ0v) is 15.8. The van der Waals surface area contributed by atoms with E-state index in [0.717, 1.165) is 27.3 Å². The summed E-state index contributed by atoms with van der Waals surface area (Å²) in [6.45, 7) is 12.4. The molecular weight excluding hydrogens is 324 g/mol. The molecule has 0 aliphatic heterocycles. The summed E-state index contributed by atoms with van der Waals surface area (Å²) in [5, 5.41) is 6.44. The third kappa shape index (κ3) is 3.90. The average molecular weight is 348 g/mol. The van der Waals surface area contributed by atoms with Crippen molar-refractivity contribution in [3.8, 4) is 0 Å². The Kier molecular flexibility index (Phi) is 5.22. The highest BCUT2D eigenvalue weighted by atomic mass is 32.1. The minimum Gasteiger partial charge on any atom is -0.355 e. The fraction of sp³-hybridized carbons (Fsp3) is 0.529. The van der Waals surface area contributed by atoms with E-state index in [4.69, 9.17) is 0 Å². The van der Waals surface area contributed by atoms with Gasteiger partial charge in [0.25, 0.3) is 5.91 Å². The zero-order chi connectivity index (χ0) is 18.1. The number of aryl methyl sites for hydroxylation is 2. The van der Waals surface area contributed by atoms with Crippen LogP contribution in [0.15, 0.2) is 0 Å². The summed E-state index contributed by atoms with van der Waals surface area (Å²) in [4.78, 5) is 34.0. The molecule has 0 atom stereocenters. The minimum atomic E-state index is -0.141. The molecule has 2 N–H and O–H groups in total. The van der Waals surface area contributed by atoms with Crippen LogP contribution in [0, 0.1) is 13.8 Å². The first-order valence-corrected chi connectivity index (χ1v) is 8.73. The van der Waals surface area contributed by atoms with Gasteiger partial charge >= 0.3 is 0 Å². The van der Waals surface area contributed by atoms with Crippen molar-refractivity contribution in [1.82, 2.24) is 20.6 Å². The van der Waals surface area contributed by atoms with E-state index in [2.05, 4.69) is 41.4 Å². The van der Waals surface area contributed by atoms with E-state index in [-0.39, 0.29) is 17.2 Å². The van der Waals surface area contributed by atoms with Crippen molar-refractivity contribution in [1.29, 1.82) is 0 Å². The summed E-state index contributed by atoms with van der Waals surface area (Å²) < 4.78 is 0. The van der Waals surface area contributed by atoms with Gasteiger partial charge in [-0.05, 0) is 19.4 Å². The van der Waals surface area contributed by atoms with Crippen LogP contribution in [0.2, 0.25) is 0 Å². The predicted octanol–water partition coefficient (Wildman–Crippen LogP) is 2.47. The van der Waals surface area contributed by atoms with Crippen molar-refractivity contribution in [2.45, 2.75) is 47.0 Å². The van der Waals surface area contributed by atoms with E-state index >= 15 is 0 Å². The lowest BCUT2D eigenvalue weighted by molar-refractivity contribution is -0.118. The number of nitrogens with zero attached hydrogens (tertiary/aromatic N) is 2. The SMILES string of the molecule is CC(=O)NCCNC(=O)c1sc2nc(C(C)(C)C)nc(C)c2c1C. The number of hydrogen-bond acceptors (Lipinski definition) is 5. The molecule has 0 saturated carbocycles. The van der Waals surface area contributed by atoms with Gasteiger partial charge in [0.15, 0.2) is 0 Å². The molecule has 2 aromatic rings. The summed E-state index contributed by atoms with van der Waals surface area (Å²) in [5.41, 5.74) is 1.67. The summed E-state index contributed by atoms with van der Waals surface area (Å²) in [7, 11) is 0. The van der Waals surface area contributed by atoms with Crippen LogP contribution in [-0.2, 0) is 10.2 Å². The Morgan fingerprint density at radius 1 is 1.08 bits per heavy atom. The van der Waals surface area contributed by atoms with Gasteiger partial charge in [0.1, 0.15) is 10.7 Å². The lowest BCUT2D eigenvalue weighted by atomic mass is 9.95. The number of thiophene rings is 1. The van der Waals surface area contributed by atoms with Crippen molar-refractivity contribution in [2.24, 2.45) is 0 Å². The minimum absolute atomic E-state index is 0.108. The Hall–Kier alpha value is -2.02. The van der Waals surface area contributed by atoms with E-state index in [1.807, 2.05) is 13.8 Å². The van der Waals surface area contributed by atoms with Gasteiger partial charge in [-0.1, -0.05) is 20.8 Å². The molecular formula is C17H24N4O2S. The van der Waals surface area contributed by atoms with Crippen molar-refractivity contribution in [3.63, 3.8) is 0 Å². The van der Waals surface area contributed by atoms with Crippen LogP contribution in [0.25, 0.3) is 10.2 Å². The molecule has 0 radical (unpaired) electrons. The number of nitrogens with one attached hydrogen (secondary N) is 2. The van der Waals surface area contributed by atoms with Gasteiger partial charge in [0.05, 0.1) is 10.6 Å². The molecule has 2 heterocycles. The molecule has 0 fully saturated rings. The Bertz CT molecular complexity index is 790. The van der Waals surface area contributed by atoms with Gasteiger partial charge in [-0.3, -0.25) is 9.59 Å². The summed E-state index contributed by atoms with van der Waals surface area (Å²) in [6, 6.07) is 0. The second-order valence-electron chi connectivity index (χ2n) is 6.86. The lowest BCUT2D eigenvalue weighted by Gasteiger charge is -2.16. The molecule has 24 heavy (non-hydrogen) atoms. The van der Waals surface area contributed by atoms with Crippen LogP contribution in [-0.4, -0.2) is 34.9 Å². The second-order valence-corrected chi connectivity index (χ2v) is 7.86. The first-order chi connectivity index (χ1) is 11.1. The fourth-order valence-corrected chi connectivity index (χ4v) is 3.53. The number of fused-ring (bicyclic) bond motifs is 1. The van der Waals surface area contributed by atoms with Crippen LogP contribution in [0.5, 0.6) is 0 Å². The third-order valence-electron chi connectivity index (χ3n) is 3.63. The molecule has 2 rings (SSSR count). The Morgan fingerprint density at radius 3 is 2.29 bits per heavy atom. The quantitative estimate of drug-likeness (QED) is 0.832. The Labute approximate surface area is 146 Å². The maximum absolute atomic E-state index is 12.4. The van der Waals surface area contributed by atoms with Crippen LogP contribution in [0.1, 0.15) is 54.4 Å². The van der Waals surface area contributed by atoms with E-state index in [1.165, 1.54) is 18.3 Å². The topological polar surface area (TPSA) is 84.0 Å². The maximum Gasteiger partial charge on any atom is 0.261 e. The maximum atomic E-state index is 12.4. The Balaban J connectivity index is 2.29. The third-order valence-corrected chi connectivity index (χ3v) is 4.82. The van der Waals surface area contributed by atoms with Gasteiger partial charge in [0.2, 0.25) is 5.91 Å². The molecule has 130 valence electrons. The predicted molar refractivity (Wildman–Crippen MR) is 96.6 cm³/mol. The number of rotatable bonds is 4. The highest BCUT2D eigenvalue weighted by Gasteiger charge is 2.23. The van der Waals surface area contributed by atoms with E-state index in [1.54, 1.807) is 0 Å². The smallest absolute Gasteiger partial charge is 0.261 e. The summed E-state index contributed by atoms with van der Waals surface area (Å²) in [5.74, 6) is 0.534. The first kappa shape index (κ1) is 18.3. The molecule has 7 heteroatoms.